The minimum Gasteiger partial charge on any atom is -0.368 e. The number of aromatic nitrogens is 1. The van der Waals surface area contributed by atoms with Gasteiger partial charge in [0, 0.05) is 50.2 Å². The van der Waals surface area contributed by atoms with Crippen LogP contribution in [0.15, 0.2) is 48.7 Å². The zero-order chi connectivity index (χ0) is 18.5. The van der Waals surface area contributed by atoms with E-state index in [2.05, 4.69) is 15.2 Å². The summed E-state index contributed by atoms with van der Waals surface area (Å²) in [4.78, 5) is 30.8. The number of hydrogen-bond acceptors (Lipinski definition) is 6. The van der Waals surface area contributed by atoms with Crippen molar-refractivity contribution in [2.75, 3.05) is 36.4 Å². The number of nitrogens with one attached hydrogen (secondary N) is 1. The predicted octanol–water partition coefficient (Wildman–Crippen LogP) is 2.08. The molecule has 2 aromatic rings. The fourth-order valence-corrected chi connectivity index (χ4v) is 2.94. The number of thiocarbonyl (C=S) groups is 1. The molecule has 1 amide bonds. The molecule has 1 fully saturated rings. The van der Waals surface area contributed by atoms with Crippen molar-refractivity contribution in [2.24, 2.45) is 0 Å². The van der Waals surface area contributed by atoms with Crippen LogP contribution in [0.1, 0.15) is 0 Å². The summed E-state index contributed by atoms with van der Waals surface area (Å²) in [6, 6.07) is 11.7. The topological polar surface area (TPSA) is 91.6 Å². The number of amides is 1. The van der Waals surface area contributed by atoms with Crippen molar-refractivity contribution < 1.29 is 9.72 Å². The van der Waals surface area contributed by atoms with E-state index in [1.54, 1.807) is 36.5 Å². The summed E-state index contributed by atoms with van der Waals surface area (Å²) in [7, 11) is 0. The SMILES string of the molecule is O=C(Nc1ccccn1)C(=S)N1CCN(c2ccc([N+](=O)[O-])cc2)CC1. The Kier molecular flexibility index (Phi) is 5.37. The third kappa shape index (κ3) is 4.12. The molecule has 9 heteroatoms. The Morgan fingerprint density at radius 2 is 1.81 bits per heavy atom. The largest absolute Gasteiger partial charge is 0.368 e. The molecule has 1 aromatic carbocycles. The minimum atomic E-state index is -0.416. The first-order valence-electron chi connectivity index (χ1n) is 8.05. The highest BCUT2D eigenvalue weighted by molar-refractivity contribution is 7.82. The van der Waals surface area contributed by atoms with E-state index in [-0.39, 0.29) is 16.6 Å². The third-order valence-electron chi connectivity index (χ3n) is 4.09. The molecule has 0 unspecified atom stereocenters. The van der Waals surface area contributed by atoms with Crippen LogP contribution in [-0.4, -0.2) is 51.9 Å². The number of rotatable bonds is 3. The average Bonchev–Trinajstić information content (AvgIpc) is 2.68. The first-order valence-corrected chi connectivity index (χ1v) is 8.46. The van der Waals surface area contributed by atoms with Gasteiger partial charge in [-0.2, -0.15) is 0 Å². The fourth-order valence-electron chi connectivity index (χ4n) is 2.70. The van der Waals surface area contributed by atoms with E-state index in [1.165, 1.54) is 12.1 Å². The zero-order valence-electron chi connectivity index (χ0n) is 13.9. The number of pyridine rings is 1. The number of anilines is 2. The Balaban J connectivity index is 1.55. The lowest BCUT2D eigenvalue weighted by atomic mass is 10.2. The lowest BCUT2D eigenvalue weighted by molar-refractivity contribution is -0.384. The van der Waals surface area contributed by atoms with Crippen molar-refractivity contribution >= 4 is 40.3 Å². The predicted molar refractivity (Wildman–Crippen MR) is 102 cm³/mol. The Morgan fingerprint density at radius 1 is 1.12 bits per heavy atom. The third-order valence-corrected chi connectivity index (χ3v) is 4.54. The molecule has 1 saturated heterocycles. The van der Waals surface area contributed by atoms with Crippen molar-refractivity contribution in [2.45, 2.75) is 0 Å². The van der Waals surface area contributed by atoms with Crippen LogP contribution < -0.4 is 10.2 Å². The number of benzene rings is 1. The van der Waals surface area contributed by atoms with Gasteiger partial charge in [-0.15, -0.1) is 0 Å². The number of piperazine rings is 1. The number of carbonyl (C=O) groups excluding carboxylic acids is 1. The highest BCUT2D eigenvalue weighted by Gasteiger charge is 2.23. The summed E-state index contributed by atoms with van der Waals surface area (Å²) in [6.45, 7) is 2.56. The van der Waals surface area contributed by atoms with Gasteiger partial charge in [-0.1, -0.05) is 18.3 Å². The molecule has 1 aliphatic rings. The molecule has 0 aliphatic carbocycles. The second kappa shape index (κ2) is 7.87. The molecular formula is C17H17N5O3S. The van der Waals surface area contributed by atoms with Gasteiger partial charge < -0.3 is 15.1 Å². The normalized spacial score (nSPS) is 14.0. The molecule has 0 atom stereocenters. The van der Waals surface area contributed by atoms with E-state index in [9.17, 15) is 14.9 Å². The lowest BCUT2D eigenvalue weighted by Crippen LogP contribution is -2.51. The summed E-state index contributed by atoms with van der Waals surface area (Å²) < 4.78 is 0. The van der Waals surface area contributed by atoms with Gasteiger partial charge >= 0.3 is 0 Å². The van der Waals surface area contributed by atoms with Gasteiger partial charge in [-0.05, 0) is 24.3 Å². The van der Waals surface area contributed by atoms with Crippen LogP contribution in [0.5, 0.6) is 0 Å². The maximum atomic E-state index is 12.3. The Labute approximate surface area is 155 Å². The monoisotopic (exact) mass is 371 g/mol. The molecule has 3 rings (SSSR count). The lowest BCUT2D eigenvalue weighted by Gasteiger charge is -2.36. The van der Waals surface area contributed by atoms with Gasteiger partial charge in [0.15, 0.2) is 4.99 Å². The van der Waals surface area contributed by atoms with Crippen LogP contribution in [0, 0.1) is 10.1 Å². The Bertz CT molecular complexity index is 805. The summed E-state index contributed by atoms with van der Waals surface area (Å²) in [5.41, 5.74) is 0.985. The number of nitro benzene ring substituents is 1. The van der Waals surface area contributed by atoms with Crippen LogP contribution in [0.3, 0.4) is 0 Å². The molecule has 0 spiro atoms. The van der Waals surface area contributed by atoms with Crippen molar-refractivity contribution in [1.82, 2.24) is 9.88 Å². The molecule has 1 N–H and O–H groups in total. The van der Waals surface area contributed by atoms with Gasteiger partial charge in [-0.25, -0.2) is 4.98 Å². The highest BCUT2D eigenvalue weighted by Crippen LogP contribution is 2.20. The molecule has 134 valence electrons. The zero-order valence-corrected chi connectivity index (χ0v) is 14.7. The number of hydrogen-bond donors (Lipinski definition) is 1. The molecule has 0 radical (unpaired) electrons. The van der Waals surface area contributed by atoms with Crippen molar-refractivity contribution in [1.29, 1.82) is 0 Å². The van der Waals surface area contributed by atoms with Crippen molar-refractivity contribution in [3.8, 4) is 0 Å². The highest BCUT2D eigenvalue weighted by atomic mass is 32.1. The standard InChI is InChI=1S/C17H17N5O3S/c23-16(19-15-3-1-2-8-18-15)17(26)21-11-9-20(10-12-21)13-4-6-14(7-5-13)22(24)25/h1-8H,9-12H2,(H,18,19,23). The number of nitro groups is 1. The van der Waals surface area contributed by atoms with Crippen LogP contribution in [0.4, 0.5) is 17.2 Å². The van der Waals surface area contributed by atoms with Gasteiger partial charge in [0.2, 0.25) is 0 Å². The molecule has 0 saturated carbocycles. The van der Waals surface area contributed by atoms with Crippen molar-refractivity contribution in [3.05, 3.63) is 58.8 Å². The number of carbonyl (C=O) groups is 1. The molecule has 1 aliphatic heterocycles. The molecule has 2 heterocycles. The van der Waals surface area contributed by atoms with E-state index >= 15 is 0 Å². The molecular weight excluding hydrogens is 354 g/mol. The fraction of sp³-hybridized carbons (Fsp3) is 0.235. The smallest absolute Gasteiger partial charge is 0.284 e. The summed E-state index contributed by atoms with van der Waals surface area (Å²) >= 11 is 5.29. The van der Waals surface area contributed by atoms with Crippen LogP contribution >= 0.6 is 12.2 Å². The summed E-state index contributed by atoms with van der Waals surface area (Å²) in [5, 5.41) is 13.4. The van der Waals surface area contributed by atoms with E-state index < -0.39 is 4.92 Å². The Morgan fingerprint density at radius 3 is 2.38 bits per heavy atom. The maximum Gasteiger partial charge on any atom is 0.284 e. The summed E-state index contributed by atoms with van der Waals surface area (Å²) in [6.07, 6.45) is 1.60. The van der Waals surface area contributed by atoms with Gasteiger partial charge in [-0.3, -0.25) is 14.9 Å². The van der Waals surface area contributed by atoms with Crippen LogP contribution in [-0.2, 0) is 4.79 Å². The van der Waals surface area contributed by atoms with Gasteiger partial charge in [0.05, 0.1) is 4.92 Å². The number of non-ortho nitro benzene ring substituents is 1. The average molecular weight is 371 g/mol. The van der Waals surface area contributed by atoms with Gasteiger partial charge in [0.25, 0.3) is 11.6 Å². The molecule has 8 nitrogen and oxygen atoms in total. The molecule has 1 aromatic heterocycles. The van der Waals surface area contributed by atoms with E-state index in [1.807, 2.05) is 4.90 Å². The quantitative estimate of drug-likeness (QED) is 0.502. The second-order valence-electron chi connectivity index (χ2n) is 5.72. The molecule has 0 bridgehead atoms. The number of nitrogens with zero attached hydrogens (tertiary/aromatic N) is 4. The second-order valence-corrected chi connectivity index (χ2v) is 6.11. The van der Waals surface area contributed by atoms with Gasteiger partial charge in [0.1, 0.15) is 5.82 Å². The molecule has 26 heavy (non-hydrogen) atoms. The van der Waals surface area contributed by atoms with E-state index in [0.717, 1.165) is 5.69 Å². The van der Waals surface area contributed by atoms with Crippen molar-refractivity contribution in [3.63, 3.8) is 0 Å². The van der Waals surface area contributed by atoms with Crippen LogP contribution in [0.2, 0.25) is 0 Å². The minimum absolute atomic E-state index is 0.0692. The van der Waals surface area contributed by atoms with E-state index in [4.69, 9.17) is 12.2 Å². The first-order chi connectivity index (χ1) is 12.5. The van der Waals surface area contributed by atoms with E-state index in [0.29, 0.717) is 32.0 Å². The first kappa shape index (κ1) is 17.7. The Hall–Kier alpha value is -3.07. The van der Waals surface area contributed by atoms with Crippen LogP contribution in [0.25, 0.3) is 0 Å². The maximum absolute atomic E-state index is 12.3. The summed E-state index contributed by atoms with van der Waals surface area (Å²) in [5.74, 6) is 0.117.